The highest BCUT2D eigenvalue weighted by Gasteiger charge is 2.16. The van der Waals surface area contributed by atoms with Crippen molar-refractivity contribution in [1.82, 2.24) is 15.2 Å². The molecule has 3 rings (SSSR count). The van der Waals surface area contributed by atoms with Crippen molar-refractivity contribution in [1.29, 1.82) is 0 Å². The van der Waals surface area contributed by atoms with Gasteiger partial charge in [0.15, 0.2) is 0 Å². The molecule has 1 unspecified atom stereocenters. The minimum absolute atomic E-state index is 0.260. The second-order valence-electron chi connectivity index (χ2n) is 5.94. The number of carbonyl (C=O) groups excluding carboxylic acids is 2. The number of nitrogens with zero attached hydrogens (tertiary/aromatic N) is 3. The van der Waals surface area contributed by atoms with E-state index in [4.69, 9.17) is 5.73 Å². The Morgan fingerprint density at radius 2 is 1.96 bits per heavy atom. The average Bonchev–Trinajstić information content (AvgIpc) is 3.20. The van der Waals surface area contributed by atoms with Crippen molar-refractivity contribution in [3.63, 3.8) is 0 Å². The van der Waals surface area contributed by atoms with E-state index in [0.29, 0.717) is 22.9 Å². The Kier molecular flexibility index (Phi) is 6.22. The number of amides is 2. The van der Waals surface area contributed by atoms with Gasteiger partial charge in [-0.2, -0.15) is 0 Å². The minimum Gasteiger partial charge on any atom is -0.369 e. The number of anilines is 2. The lowest BCUT2D eigenvalue weighted by Crippen LogP contribution is -2.31. The smallest absolute Gasteiger partial charge is 0.259 e. The summed E-state index contributed by atoms with van der Waals surface area (Å²) >= 11 is 1.21. The first-order valence-electron chi connectivity index (χ1n) is 8.32. The summed E-state index contributed by atoms with van der Waals surface area (Å²) in [6.45, 7) is 0.260. The van der Waals surface area contributed by atoms with Crippen molar-refractivity contribution < 1.29 is 14.0 Å². The summed E-state index contributed by atoms with van der Waals surface area (Å²) in [4.78, 5) is 28.0. The second kappa shape index (κ2) is 9.00. The molecule has 1 atom stereocenters. The molecular weight excluding hydrogens is 383 g/mol. The molecule has 2 aromatic heterocycles. The molecule has 28 heavy (non-hydrogen) atoms. The molecule has 0 saturated carbocycles. The average molecular weight is 400 g/mol. The summed E-state index contributed by atoms with van der Waals surface area (Å²) in [6.07, 6.45) is 1.79. The van der Waals surface area contributed by atoms with Crippen LogP contribution >= 0.6 is 11.3 Å². The third-order valence-electron chi connectivity index (χ3n) is 3.93. The normalized spacial score (nSPS) is 11.6. The van der Waals surface area contributed by atoms with Gasteiger partial charge in [0.1, 0.15) is 17.1 Å². The van der Waals surface area contributed by atoms with Crippen LogP contribution in [0.5, 0.6) is 0 Å². The predicted octanol–water partition coefficient (Wildman–Crippen LogP) is 2.08. The van der Waals surface area contributed by atoms with Crippen LogP contribution in [-0.2, 0) is 11.2 Å². The highest BCUT2D eigenvalue weighted by atomic mass is 32.1. The van der Waals surface area contributed by atoms with Crippen LogP contribution in [0.1, 0.15) is 15.9 Å². The van der Waals surface area contributed by atoms with Crippen molar-refractivity contribution in [3.8, 4) is 0 Å². The molecule has 144 valence electrons. The number of nitrogens with one attached hydrogen (secondary N) is 2. The Morgan fingerprint density at radius 1 is 1.18 bits per heavy atom. The van der Waals surface area contributed by atoms with Crippen LogP contribution in [0, 0.1) is 11.7 Å². The van der Waals surface area contributed by atoms with Crippen molar-refractivity contribution >= 4 is 34.1 Å². The van der Waals surface area contributed by atoms with Crippen molar-refractivity contribution in [2.75, 3.05) is 17.2 Å². The van der Waals surface area contributed by atoms with Crippen LogP contribution in [-0.4, -0.2) is 33.5 Å². The number of pyridine rings is 1. The zero-order valence-corrected chi connectivity index (χ0v) is 15.4. The first kappa shape index (κ1) is 19.4. The third kappa shape index (κ3) is 5.30. The quantitative estimate of drug-likeness (QED) is 0.532. The summed E-state index contributed by atoms with van der Waals surface area (Å²) in [5.41, 5.74) is 8.16. The van der Waals surface area contributed by atoms with Gasteiger partial charge in [-0.05, 0) is 36.2 Å². The van der Waals surface area contributed by atoms with Gasteiger partial charge in [0.2, 0.25) is 11.0 Å². The molecule has 0 fully saturated rings. The van der Waals surface area contributed by atoms with E-state index in [1.165, 1.54) is 35.2 Å². The fourth-order valence-corrected chi connectivity index (χ4v) is 2.88. The van der Waals surface area contributed by atoms with E-state index in [9.17, 15) is 14.0 Å². The highest BCUT2D eigenvalue weighted by Crippen LogP contribution is 2.14. The molecule has 2 amide bonds. The summed E-state index contributed by atoms with van der Waals surface area (Å²) < 4.78 is 13.0. The summed E-state index contributed by atoms with van der Waals surface area (Å²) in [7, 11) is 0. The predicted molar refractivity (Wildman–Crippen MR) is 103 cm³/mol. The standard InChI is InChI=1S/C18H17FN6O2S/c19-14-4-1-11(2-5-14)7-13(16(20)26)9-22-15-6-3-12(8-21-15)17(27)24-18-25-23-10-28-18/h1-6,8,10,13H,7,9H2,(H2,20,26)(H,21,22)(H,24,25,27). The molecule has 0 aliphatic carbocycles. The van der Waals surface area contributed by atoms with Gasteiger partial charge in [0.05, 0.1) is 11.5 Å². The number of halogens is 1. The number of carbonyl (C=O) groups is 2. The molecule has 0 bridgehead atoms. The van der Waals surface area contributed by atoms with Gasteiger partial charge in [-0.25, -0.2) is 9.37 Å². The lowest BCUT2D eigenvalue weighted by atomic mass is 9.98. The summed E-state index contributed by atoms with van der Waals surface area (Å²) in [5.74, 6) is -1.14. The number of nitrogens with two attached hydrogens (primary N) is 1. The Morgan fingerprint density at radius 3 is 2.57 bits per heavy atom. The number of aromatic nitrogens is 3. The van der Waals surface area contributed by atoms with Crippen molar-refractivity contribution in [3.05, 3.63) is 65.0 Å². The largest absolute Gasteiger partial charge is 0.369 e. The zero-order chi connectivity index (χ0) is 19.9. The van der Waals surface area contributed by atoms with E-state index in [-0.39, 0.29) is 18.3 Å². The third-order valence-corrected chi connectivity index (χ3v) is 4.54. The maximum atomic E-state index is 13.0. The van der Waals surface area contributed by atoms with Gasteiger partial charge >= 0.3 is 0 Å². The first-order chi connectivity index (χ1) is 13.5. The molecule has 0 aliphatic rings. The molecule has 8 nitrogen and oxygen atoms in total. The van der Waals surface area contributed by atoms with Crippen LogP contribution in [0.25, 0.3) is 0 Å². The zero-order valence-electron chi connectivity index (χ0n) is 14.6. The van der Waals surface area contributed by atoms with E-state index in [1.54, 1.807) is 24.3 Å². The maximum Gasteiger partial charge on any atom is 0.259 e. The number of primary amides is 1. The lowest BCUT2D eigenvalue weighted by Gasteiger charge is -2.15. The summed E-state index contributed by atoms with van der Waals surface area (Å²) in [5, 5.41) is 13.4. The Balaban J connectivity index is 1.57. The molecule has 3 aromatic rings. The van der Waals surface area contributed by atoms with Gasteiger partial charge in [0.25, 0.3) is 5.91 Å². The van der Waals surface area contributed by atoms with Gasteiger partial charge in [-0.1, -0.05) is 23.5 Å². The molecule has 4 N–H and O–H groups in total. The van der Waals surface area contributed by atoms with Crippen molar-refractivity contribution in [2.45, 2.75) is 6.42 Å². The first-order valence-corrected chi connectivity index (χ1v) is 9.20. The number of rotatable bonds is 8. The molecule has 10 heteroatoms. The van der Waals surface area contributed by atoms with Gasteiger partial charge in [-0.15, -0.1) is 10.2 Å². The van der Waals surface area contributed by atoms with Crippen LogP contribution < -0.4 is 16.4 Å². The Hall–Kier alpha value is -3.40. The summed E-state index contributed by atoms with van der Waals surface area (Å²) in [6, 6.07) is 9.15. The fourth-order valence-electron chi connectivity index (χ4n) is 2.44. The SMILES string of the molecule is NC(=O)C(CNc1ccc(C(=O)Nc2nncs2)cn1)Cc1ccc(F)cc1. The van der Waals surface area contributed by atoms with Gasteiger partial charge in [0, 0.05) is 12.7 Å². The fraction of sp³-hybridized carbons (Fsp3) is 0.167. The Labute approximate surface area is 164 Å². The Bertz CT molecular complexity index is 932. The highest BCUT2D eigenvalue weighted by molar-refractivity contribution is 7.13. The second-order valence-corrected chi connectivity index (χ2v) is 6.77. The van der Waals surface area contributed by atoms with Crippen LogP contribution in [0.15, 0.2) is 48.1 Å². The van der Waals surface area contributed by atoms with Crippen LogP contribution in [0.3, 0.4) is 0 Å². The van der Waals surface area contributed by atoms with E-state index in [1.807, 2.05) is 0 Å². The monoisotopic (exact) mass is 400 g/mol. The number of hydrogen-bond donors (Lipinski definition) is 3. The molecule has 2 heterocycles. The van der Waals surface area contributed by atoms with Crippen molar-refractivity contribution in [2.24, 2.45) is 11.7 Å². The molecular formula is C18H17FN6O2S. The lowest BCUT2D eigenvalue weighted by molar-refractivity contribution is -0.121. The molecule has 0 spiro atoms. The van der Waals surface area contributed by atoms with Gasteiger partial charge < -0.3 is 11.1 Å². The number of hydrogen-bond acceptors (Lipinski definition) is 7. The maximum absolute atomic E-state index is 13.0. The van der Waals surface area contributed by atoms with E-state index < -0.39 is 11.8 Å². The van der Waals surface area contributed by atoms with Crippen LogP contribution in [0.2, 0.25) is 0 Å². The molecule has 1 aromatic carbocycles. The molecule has 0 saturated heterocycles. The van der Waals surface area contributed by atoms with Crippen LogP contribution in [0.4, 0.5) is 15.3 Å². The molecule has 0 radical (unpaired) electrons. The molecule has 0 aliphatic heterocycles. The van der Waals surface area contributed by atoms with E-state index in [2.05, 4.69) is 25.8 Å². The topological polar surface area (TPSA) is 123 Å². The van der Waals surface area contributed by atoms with E-state index in [0.717, 1.165) is 5.56 Å². The minimum atomic E-state index is -0.493. The van der Waals surface area contributed by atoms with E-state index >= 15 is 0 Å². The number of benzene rings is 1. The van der Waals surface area contributed by atoms with Gasteiger partial charge in [-0.3, -0.25) is 14.9 Å².